The minimum Gasteiger partial charge on any atom is -0.308 e. The number of alkyl halides is 6. The highest BCUT2D eigenvalue weighted by Crippen LogP contribution is 2.47. The van der Waals surface area contributed by atoms with Crippen molar-refractivity contribution in [2.75, 3.05) is 0 Å². The fourth-order valence-electron chi connectivity index (χ4n) is 10.9. The minimum absolute atomic E-state index is 0.0940. The van der Waals surface area contributed by atoms with Crippen LogP contribution in [0, 0.1) is 56.7 Å². The molecule has 384 valence electrons. The standard InChI is InChI=1S/C68H35F6N7/c69-67(70,71)34-54-18-17-53(29-59(54)68(72,73)74)66-64(80-60-30-49(45-9-1-40(35-75)2-10-45)19-23-55(60)56-24-20-50(31-61(56)80)46-11-3-41(36-76)4-12-46)27-44(39-79)28-65(66)81-62-32-51(47-13-5-42(37-77)6-14-47)21-25-57(62)58-26-22-52(33-63(58)81)48-15-7-43(38-78)8-16-48/h1-33H,34H2. The molecule has 0 saturated carbocycles. The van der Waals surface area contributed by atoms with E-state index >= 15 is 13.2 Å². The molecule has 0 aliphatic rings. The van der Waals surface area contributed by atoms with Crippen LogP contribution in [0.15, 0.2) is 200 Å². The Bertz CT molecular complexity index is 4290. The molecule has 81 heavy (non-hydrogen) atoms. The molecule has 0 fully saturated rings. The maximum Gasteiger partial charge on any atom is 0.416 e. The first-order valence-electron chi connectivity index (χ1n) is 25.2. The SMILES string of the molecule is N#Cc1ccc(-c2ccc3c4ccc(-c5ccc(C#N)cc5)cc4n(-c4cc(C#N)cc(-n5c6cc(-c7ccc(C#N)cc7)ccc6c6ccc(-c7ccc(C#N)cc7)cc65)c4-c4ccc(CC(F)(F)F)c(C(F)(F)F)c4)c3c2)cc1. The van der Waals surface area contributed by atoms with Gasteiger partial charge in [-0.15, -0.1) is 0 Å². The van der Waals surface area contributed by atoms with Gasteiger partial charge in [-0.2, -0.15) is 52.7 Å². The smallest absolute Gasteiger partial charge is 0.308 e. The van der Waals surface area contributed by atoms with Gasteiger partial charge >= 0.3 is 12.4 Å². The number of nitriles is 5. The van der Waals surface area contributed by atoms with Crippen LogP contribution in [0.1, 0.15) is 38.9 Å². The van der Waals surface area contributed by atoms with Gasteiger partial charge < -0.3 is 9.13 Å². The fraction of sp³-hybridized carbons (Fsp3) is 0.0441. The Balaban J connectivity index is 1.26. The monoisotopic (exact) mass is 1060 g/mol. The molecule has 0 amide bonds. The molecule has 0 radical (unpaired) electrons. The summed E-state index contributed by atoms with van der Waals surface area (Å²) in [4.78, 5) is 0. The van der Waals surface area contributed by atoms with Crippen molar-refractivity contribution in [3.05, 3.63) is 239 Å². The molecule has 0 aliphatic carbocycles. The summed E-state index contributed by atoms with van der Waals surface area (Å²) >= 11 is 0. The molecule has 10 aromatic carbocycles. The van der Waals surface area contributed by atoms with Crippen molar-refractivity contribution in [1.82, 2.24) is 9.13 Å². The lowest BCUT2D eigenvalue weighted by molar-refractivity contribution is -0.143. The first kappa shape index (κ1) is 50.6. The predicted molar refractivity (Wildman–Crippen MR) is 301 cm³/mol. The lowest BCUT2D eigenvalue weighted by atomic mass is 9.93. The van der Waals surface area contributed by atoms with Gasteiger partial charge in [-0.1, -0.05) is 109 Å². The van der Waals surface area contributed by atoms with Crippen LogP contribution in [0.25, 0.3) is 111 Å². The molecule has 0 N–H and O–H groups in total. The second-order valence-corrected chi connectivity index (χ2v) is 19.5. The van der Waals surface area contributed by atoms with E-state index < -0.39 is 29.9 Å². The van der Waals surface area contributed by atoms with Crippen LogP contribution in [0.3, 0.4) is 0 Å². The van der Waals surface area contributed by atoms with Gasteiger partial charge in [-0.3, -0.25) is 0 Å². The molecule has 0 spiro atoms. The van der Waals surface area contributed by atoms with Gasteiger partial charge in [0.25, 0.3) is 0 Å². The molecule has 0 saturated heterocycles. The highest BCUT2D eigenvalue weighted by atomic mass is 19.4. The van der Waals surface area contributed by atoms with E-state index in [0.717, 1.165) is 55.9 Å². The van der Waals surface area contributed by atoms with Crippen molar-refractivity contribution in [3.63, 3.8) is 0 Å². The lowest BCUT2D eigenvalue weighted by Gasteiger charge is -2.23. The van der Waals surface area contributed by atoms with Crippen molar-refractivity contribution in [2.45, 2.75) is 18.8 Å². The Hall–Kier alpha value is -11.2. The number of nitrogens with zero attached hydrogens (tertiary/aromatic N) is 7. The van der Waals surface area contributed by atoms with Crippen molar-refractivity contribution in [2.24, 2.45) is 0 Å². The molecule has 0 unspecified atom stereocenters. The summed E-state index contributed by atoms with van der Waals surface area (Å²) in [5, 5.41) is 52.7. The molecule has 7 nitrogen and oxygen atoms in total. The zero-order valence-corrected chi connectivity index (χ0v) is 42.2. The molecule has 12 rings (SSSR count). The van der Waals surface area contributed by atoms with Crippen LogP contribution in [0.4, 0.5) is 26.3 Å². The highest BCUT2D eigenvalue weighted by Gasteiger charge is 2.38. The predicted octanol–water partition coefficient (Wildman–Crippen LogP) is 17.7. The van der Waals surface area contributed by atoms with Crippen LogP contribution < -0.4 is 0 Å². The molecule has 12 aromatic rings. The van der Waals surface area contributed by atoms with Gasteiger partial charge in [0.1, 0.15) is 0 Å². The summed E-state index contributed by atoms with van der Waals surface area (Å²) in [5.41, 5.74) is 7.92. The largest absolute Gasteiger partial charge is 0.416 e. The van der Waals surface area contributed by atoms with E-state index in [0.29, 0.717) is 66.6 Å². The molecule has 0 bridgehead atoms. The topological polar surface area (TPSA) is 129 Å². The van der Waals surface area contributed by atoms with Crippen molar-refractivity contribution in [3.8, 4) is 97.4 Å². The number of aromatic nitrogens is 2. The first-order valence-corrected chi connectivity index (χ1v) is 25.2. The van der Waals surface area contributed by atoms with Crippen LogP contribution in [0.5, 0.6) is 0 Å². The van der Waals surface area contributed by atoms with E-state index in [-0.39, 0.29) is 28.1 Å². The normalized spacial score (nSPS) is 11.6. The molecule has 2 heterocycles. The zero-order valence-electron chi connectivity index (χ0n) is 42.2. The maximum absolute atomic E-state index is 15.5. The van der Waals surface area contributed by atoms with Crippen molar-refractivity contribution >= 4 is 43.6 Å². The number of rotatable bonds is 8. The number of benzene rings is 10. The molecule has 0 aliphatic heterocycles. The Morgan fingerprint density at radius 3 is 0.864 bits per heavy atom. The molecule has 0 atom stereocenters. The van der Waals surface area contributed by atoms with Crippen molar-refractivity contribution in [1.29, 1.82) is 26.3 Å². The second-order valence-electron chi connectivity index (χ2n) is 19.5. The van der Waals surface area contributed by atoms with Gasteiger partial charge in [0.2, 0.25) is 0 Å². The summed E-state index contributed by atoms with van der Waals surface area (Å²) in [7, 11) is 0. The summed E-state index contributed by atoms with van der Waals surface area (Å²) in [6, 6.07) is 67.9. The summed E-state index contributed by atoms with van der Waals surface area (Å²) < 4.78 is 93.0. The quantitative estimate of drug-likeness (QED) is 0.140. The molecule has 2 aromatic heterocycles. The van der Waals surface area contributed by atoms with Crippen molar-refractivity contribution < 1.29 is 26.3 Å². The fourth-order valence-corrected chi connectivity index (χ4v) is 10.9. The number of hydrogen-bond acceptors (Lipinski definition) is 5. The van der Waals surface area contributed by atoms with Gasteiger partial charge in [0, 0.05) is 27.1 Å². The average Bonchev–Trinajstić information content (AvgIpc) is 3.69. The molecular formula is C68H35F6N7. The maximum atomic E-state index is 15.5. The van der Waals surface area contributed by atoms with E-state index in [1.54, 1.807) is 109 Å². The third-order valence-electron chi connectivity index (χ3n) is 14.7. The highest BCUT2D eigenvalue weighted by molar-refractivity contribution is 6.14. The van der Waals surface area contributed by atoms with Gasteiger partial charge in [0.15, 0.2) is 0 Å². The van der Waals surface area contributed by atoms with Crippen LogP contribution >= 0.6 is 0 Å². The molecule has 13 heteroatoms. The van der Waals surface area contributed by atoms with Gasteiger partial charge in [-0.25, -0.2) is 0 Å². The lowest BCUT2D eigenvalue weighted by Crippen LogP contribution is -2.17. The van der Waals surface area contributed by atoms with Crippen LogP contribution in [-0.2, 0) is 12.6 Å². The van der Waals surface area contributed by atoms with Crippen LogP contribution in [-0.4, -0.2) is 15.3 Å². The van der Waals surface area contributed by atoms with E-state index in [4.69, 9.17) is 0 Å². The summed E-state index contributed by atoms with van der Waals surface area (Å²) in [6.45, 7) is 0. The number of halogens is 6. The number of hydrogen-bond donors (Lipinski definition) is 0. The summed E-state index contributed by atoms with van der Waals surface area (Å²) in [5.74, 6) is 0. The van der Waals surface area contributed by atoms with Gasteiger partial charge in [-0.05, 0) is 147 Å². The van der Waals surface area contributed by atoms with Crippen LogP contribution in [0.2, 0.25) is 0 Å². The average molecular weight is 1060 g/mol. The van der Waals surface area contributed by atoms with E-state index in [9.17, 15) is 39.5 Å². The Labute approximate surface area is 458 Å². The zero-order chi connectivity index (χ0) is 56.3. The summed E-state index contributed by atoms with van der Waals surface area (Å²) in [6.07, 6.45) is -12.1. The number of fused-ring (bicyclic) bond motifs is 6. The second kappa shape index (κ2) is 19.7. The van der Waals surface area contributed by atoms with Gasteiger partial charge in [0.05, 0.1) is 104 Å². The first-order chi connectivity index (χ1) is 39.1. The third-order valence-corrected chi connectivity index (χ3v) is 14.7. The Morgan fingerprint density at radius 1 is 0.309 bits per heavy atom. The molecular weight excluding hydrogens is 1030 g/mol. The Kier molecular flexibility index (Phi) is 12.3. The minimum atomic E-state index is -5.25. The third kappa shape index (κ3) is 9.20. The Morgan fingerprint density at radius 2 is 0.593 bits per heavy atom. The van der Waals surface area contributed by atoms with E-state index in [1.807, 2.05) is 81.9 Å². The van der Waals surface area contributed by atoms with E-state index in [2.05, 4.69) is 30.3 Å². The van der Waals surface area contributed by atoms with E-state index in [1.165, 1.54) is 6.07 Å².